The number of anilines is 1. The van der Waals surface area contributed by atoms with E-state index in [1.165, 1.54) is 4.90 Å². The fraction of sp³-hybridized carbons (Fsp3) is 0.355. The second-order valence-corrected chi connectivity index (χ2v) is 12.9. The van der Waals surface area contributed by atoms with Gasteiger partial charge >= 0.3 is 0 Å². The highest BCUT2D eigenvalue weighted by molar-refractivity contribution is 7.92. The highest BCUT2D eigenvalue weighted by Gasteiger charge is 2.33. The zero-order valence-corrected chi connectivity index (χ0v) is 25.5. The molecule has 0 aliphatic heterocycles. The lowest BCUT2D eigenvalue weighted by Crippen LogP contribution is -2.51. The molecule has 1 atom stereocenters. The Bertz CT molecular complexity index is 1460. The monoisotopic (exact) mass is 583 g/mol. The smallest absolute Gasteiger partial charge is 0.264 e. The Labute approximate surface area is 243 Å². The predicted octanol–water partition coefficient (Wildman–Crippen LogP) is 5.65. The van der Waals surface area contributed by atoms with Crippen molar-refractivity contribution in [3.8, 4) is 0 Å². The summed E-state index contributed by atoms with van der Waals surface area (Å²) in [6.07, 6.45) is 0. The molecule has 0 saturated carbocycles. The van der Waals surface area contributed by atoms with Crippen LogP contribution in [0.2, 0.25) is 5.02 Å². The molecule has 3 aromatic carbocycles. The van der Waals surface area contributed by atoms with E-state index >= 15 is 0 Å². The van der Waals surface area contributed by atoms with Crippen LogP contribution in [-0.2, 0) is 26.2 Å². The second kappa shape index (κ2) is 13.3. The summed E-state index contributed by atoms with van der Waals surface area (Å²) in [6.45, 7) is 11.2. The van der Waals surface area contributed by atoms with Gasteiger partial charge in [-0.2, -0.15) is 0 Å². The summed E-state index contributed by atoms with van der Waals surface area (Å²) in [5, 5.41) is 3.39. The minimum atomic E-state index is -4.12. The summed E-state index contributed by atoms with van der Waals surface area (Å²) in [5.74, 6) is -0.597. The number of carbonyl (C=O) groups excluding carboxylic acids is 2. The highest BCUT2D eigenvalue weighted by Crippen LogP contribution is 2.29. The van der Waals surface area contributed by atoms with Crippen LogP contribution in [-0.4, -0.2) is 44.3 Å². The van der Waals surface area contributed by atoms with Gasteiger partial charge in [-0.1, -0.05) is 67.4 Å². The molecule has 3 aromatic rings. The summed E-state index contributed by atoms with van der Waals surface area (Å²) < 4.78 is 29.2. The molecular formula is C31H38ClN3O4S. The van der Waals surface area contributed by atoms with Crippen molar-refractivity contribution in [3.63, 3.8) is 0 Å². The fourth-order valence-electron chi connectivity index (χ4n) is 4.21. The zero-order valence-electron chi connectivity index (χ0n) is 23.9. The van der Waals surface area contributed by atoms with E-state index in [1.54, 1.807) is 55.5 Å². The van der Waals surface area contributed by atoms with Crippen LogP contribution in [0.1, 0.15) is 43.0 Å². The quantitative estimate of drug-likeness (QED) is 0.316. The lowest BCUT2D eigenvalue weighted by molar-refractivity contribution is -0.139. The number of hydrogen-bond donors (Lipinski definition) is 1. The van der Waals surface area contributed by atoms with Gasteiger partial charge in [0.1, 0.15) is 12.6 Å². The van der Waals surface area contributed by atoms with Crippen LogP contribution in [0.5, 0.6) is 0 Å². The van der Waals surface area contributed by atoms with E-state index in [9.17, 15) is 18.0 Å². The van der Waals surface area contributed by atoms with Crippen molar-refractivity contribution in [1.82, 2.24) is 10.2 Å². The van der Waals surface area contributed by atoms with E-state index < -0.39 is 28.5 Å². The average Bonchev–Trinajstić information content (AvgIpc) is 2.90. The molecule has 0 bridgehead atoms. The number of halogens is 1. The molecule has 214 valence electrons. The third kappa shape index (κ3) is 7.86. The number of carbonyl (C=O) groups is 2. The van der Waals surface area contributed by atoms with E-state index in [2.05, 4.69) is 5.32 Å². The maximum Gasteiger partial charge on any atom is 0.264 e. The third-order valence-corrected chi connectivity index (χ3v) is 8.62. The van der Waals surface area contributed by atoms with E-state index in [0.29, 0.717) is 22.8 Å². The van der Waals surface area contributed by atoms with Crippen molar-refractivity contribution in [1.29, 1.82) is 0 Å². The van der Waals surface area contributed by atoms with Crippen molar-refractivity contribution in [3.05, 3.63) is 94.0 Å². The Kier molecular flexibility index (Phi) is 10.4. The first-order valence-electron chi connectivity index (χ1n) is 13.3. The Balaban J connectivity index is 2.06. The van der Waals surface area contributed by atoms with Gasteiger partial charge in [-0.15, -0.1) is 0 Å². The first-order valence-corrected chi connectivity index (χ1v) is 15.1. The third-order valence-electron chi connectivity index (χ3n) is 6.61. The van der Waals surface area contributed by atoms with Gasteiger partial charge in [0.25, 0.3) is 10.0 Å². The molecule has 1 N–H and O–H groups in total. The van der Waals surface area contributed by atoms with Gasteiger partial charge in [-0.05, 0) is 80.6 Å². The number of aryl methyl sites for hydroxylation is 3. The molecule has 40 heavy (non-hydrogen) atoms. The Morgan fingerprint density at radius 2 is 1.55 bits per heavy atom. The largest absolute Gasteiger partial charge is 0.354 e. The van der Waals surface area contributed by atoms with Gasteiger partial charge in [0.15, 0.2) is 0 Å². The number of nitrogens with zero attached hydrogens (tertiary/aromatic N) is 2. The summed E-state index contributed by atoms with van der Waals surface area (Å²) in [6, 6.07) is 18.2. The molecule has 0 spiro atoms. The minimum absolute atomic E-state index is 0.0796. The number of sulfonamides is 1. The zero-order chi connectivity index (χ0) is 29.6. The standard InChI is InChI=1S/C31H38ClN3O4S/c1-21(2)18-33-31(37)25(6)34(19-26-8-7-9-27(32)17-26)30(36)20-35(29-16-23(4)10-13-24(29)5)40(38,39)28-14-11-22(3)12-15-28/h7-17,21,25H,18-20H2,1-6H3,(H,33,37)/t25-/m1/s1. The van der Waals surface area contributed by atoms with Gasteiger partial charge in [0.05, 0.1) is 10.6 Å². The maximum atomic E-state index is 14.0. The van der Waals surface area contributed by atoms with Crippen molar-refractivity contribution < 1.29 is 18.0 Å². The molecular weight excluding hydrogens is 546 g/mol. The molecule has 2 amide bonds. The molecule has 0 unspecified atom stereocenters. The SMILES string of the molecule is Cc1ccc(S(=O)(=O)N(CC(=O)N(Cc2cccc(Cl)c2)[C@H](C)C(=O)NCC(C)C)c2cc(C)ccc2C)cc1. The minimum Gasteiger partial charge on any atom is -0.354 e. The number of amides is 2. The van der Waals surface area contributed by atoms with Crippen molar-refractivity contribution in [2.75, 3.05) is 17.4 Å². The Morgan fingerprint density at radius 1 is 0.900 bits per heavy atom. The molecule has 0 heterocycles. The van der Waals surface area contributed by atoms with Crippen LogP contribution in [0.3, 0.4) is 0 Å². The van der Waals surface area contributed by atoms with E-state index in [0.717, 1.165) is 21.0 Å². The summed E-state index contributed by atoms with van der Waals surface area (Å²) in [7, 11) is -4.12. The van der Waals surface area contributed by atoms with Crippen LogP contribution in [0, 0.1) is 26.7 Å². The highest BCUT2D eigenvalue weighted by atomic mass is 35.5. The molecule has 0 fully saturated rings. The van der Waals surface area contributed by atoms with E-state index in [1.807, 2.05) is 52.8 Å². The van der Waals surface area contributed by atoms with Gasteiger partial charge in [-0.25, -0.2) is 8.42 Å². The number of nitrogens with one attached hydrogen (secondary N) is 1. The predicted molar refractivity (Wildman–Crippen MR) is 161 cm³/mol. The fourth-order valence-corrected chi connectivity index (χ4v) is 5.89. The average molecular weight is 584 g/mol. The van der Waals surface area contributed by atoms with Crippen LogP contribution in [0.15, 0.2) is 71.6 Å². The van der Waals surface area contributed by atoms with Crippen LogP contribution in [0.4, 0.5) is 5.69 Å². The number of hydrogen-bond acceptors (Lipinski definition) is 4. The van der Waals surface area contributed by atoms with E-state index in [-0.39, 0.29) is 23.3 Å². The summed E-state index contributed by atoms with van der Waals surface area (Å²) in [4.78, 5) is 28.6. The van der Waals surface area contributed by atoms with Crippen molar-refractivity contribution in [2.24, 2.45) is 5.92 Å². The van der Waals surface area contributed by atoms with Crippen molar-refractivity contribution >= 4 is 39.1 Å². The molecule has 0 radical (unpaired) electrons. The van der Waals surface area contributed by atoms with Crippen molar-refractivity contribution in [2.45, 2.75) is 59.0 Å². The second-order valence-electron chi connectivity index (χ2n) is 10.6. The molecule has 0 aromatic heterocycles. The molecule has 0 aliphatic rings. The topological polar surface area (TPSA) is 86.8 Å². The van der Waals surface area contributed by atoms with Gasteiger partial charge in [0.2, 0.25) is 11.8 Å². The molecule has 0 aliphatic carbocycles. The first-order chi connectivity index (χ1) is 18.8. The van der Waals surface area contributed by atoms with Crippen LogP contribution in [0.25, 0.3) is 0 Å². The Hall–Kier alpha value is -3.36. The van der Waals surface area contributed by atoms with Gasteiger partial charge < -0.3 is 10.2 Å². The molecule has 9 heteroatoms. The molecule has 0 saturated heterocycles. The Morgan fingerprint density at radius 3 is 2.17 bits per heavy atom. The summed E-state index contributed by atoms with van der Waals surface area (Å²) in [5.41, 5.74) is 3.62. The number of rotatable bonds is 11. The molecule has 3 rings (SSSR count). The lowest BCUT2D eigenvalue weighted by atomic mass is 10.1. The first kappa shape index (κ1) is 31.2. The van der Waals surface area contributed by atoms with Crippen LogP contribution >= 0.6 is 11.6 Å². The van der Waals surface area contributed by atoms with E-state index in [4.69, 9.17) is 11.6 Å². The molecule has 7 nitrogen and oxygen atoms in total. The maximum absolute atomic E-state index is 14.0. The number of benzene rings is 3. The van der Waals surface area contributed by atoms with Gasteiger partial charge in [-0.3, -0.25) is 13.9 Å². The lowest BCUT2D eigenvalue weighted by Gasteiger charge is -2.32. The summed E-state index contributed by atoms with van der Waals surface area (Å²) >= 11 is 6.20. The van der Waals surface area contributed by atoms with Gasteiger partial charge in [0, 0.05) is 18.1 Å². The normalized spacial score (nSPS) is 12.2. The van der Waals surface area contributed by atoms with Crippen LogP contribution < -0.4 is 9.62 Å².